The van der Waals surface area contributed by atoms with Crippen molar-refractivity contribution in [3.63, 3.8) is 0 Å². The smallest absolute Gasteiger partial charge is 0.318 e. The molecule has 2 fully saturated rings. The standard InChI is InChI=1S/C17H18N4O5S/c1-2-12(21-7-19-8-3-10(22)11(23)4-9(8)21)17(16(25)26)5-20-14(24)13(18)15(20)27-6-17/h2-4,7,13,15,22-23H,5-6,18H2,1H3,(H,25,26)/t13?,15-,17?/m1/s1. The number of aromatic nitrogens is 2. The van der Waals surface area contributed by atoms with E-state index in [2.05, 4.69) is 4.98 Å². The van der Waals surface area contributed by atoms with Crippen LogP contribution in [-0.2, 0) is 9.59 Å². The first-order valence-corrected chi connectivity index (χ1v) is 9.32. The first-order valence-electron chi connectivity index (χ1n) is 8.27. The van der Waals surface area contributed by atoms with E-state index in [1.807, 2.05) is 0 Å². The number of hydrogen-bond donors (Lipinski definition) is 4. The molecular weight excluding hydrogens is 372 g/mol. The fraction of sp³-hybridized carbons (Fsp3) is 0.353. The summed E-state index contributed by atoms with van der Waals surface area (Å²) in [7, 11) is 0. The molecule has 0 bridgehead atoms. The Morgan fingerprint density at radius 2 is 2.11 bits per heavy atom. The number of fused-ring (bicyclic) bond motifs is 2. The molecule has 0 aliphatic carbocycles. The van der Waals surface area contributed by atoms with Crippen molar-refractivity contribution in [2.75, 3.05) is 12.3 Å². The molecule has 0 radical (unpaired) electrons. The van der Waals surface area contributed by atoms with Crippen LogP contribution in [0.15, 0.2) is 24.5 Å². The van der Waals surface area contributed by atoms with E-state index in [0.717, 1.165) is 0 Å². The number of nitrogens with zero attached hydrogens (tertiary/aromatic N) is 3. The second-order valence-electron chi connectivity index (χ2n) is 6.70. The van der Waals surface area contributed by atoms with Crippen LogP contribution in [0.3, 0.4) is 0 Å². The summed E-state index contributed by atoms with van der Waals surface area (Å²) in [6.07, 6.45) is 3.12. The number of allylic oxidation sites excluding steroid dienone is 1. The Kier molecular flexibility index (Phi) is 3.86. The van der Waals surface area contributed by atoms with Crippen LogP contribution in [0.5, 0.6) is 11.5 Å². The molecule has 142 valence electrons. The Labute approximate surface area is 158 Å². The van der Waals surface area contributed by atoms with Gasteiger partial charge in [0.15, 0.2) is 11.5 Å². The van der Waals surface area contributed by atoms with Crippen molar-refractivity contribution in [2.24, 2.45) is 11.1 Å². The van der Waals surface area contributed by atoms with Gasteiger partial charge >= 0.3 is 5.97 Å². The number of thioether (sulfide) groups is 1. The molecule has 3 atom stereocenters. The van der Waals surface area contributed by atoms with Crippen LogP contribution in [0.25, 0.3) is 16.7 Å². The van der Waals surface area contributed by atoms with E-state index in [1.165, 1.54) is 35.1 Å². The third kappa shape index (κ3) is 2.33. The Balaban J connectivity index is 1.82. The number of benzene rings is 1. The summed E-state index contributed by atoms with van der Waals surface area (Å²) in [5.74, 6) is -1.70. The first-order chi connectivity index (χ1) is 12.8. The summed E-state index contributed by atoms with van der Waals surface area (Å²) in [4.78, 5) is 30.1. The molecule has 9 nitrogen and oxygen atoms in total. The summed E-state index contributed by atoms with van der Waals surface area (Å²) < 4.78 is 1.58. The maximum absolute atomic E-state index is 12.3. The third-order valence-electron chi connectivity index (χ3n) is 5.20. The summed E-state index contributed by atoms with van der Waals surface area (Å²) >= 11 is 1.35. The lowest BCUT2D eigenvalue weighted by molar-refractivity contribution is -0.153. The maximum atomic E-state index is 12.3. The lowest BCUT2D eigenvalue weighted by atomic mass is 9.83. The number of hydrogen-bond acceptors (Lipinski definition) is 7. The van der Waals surface area contributed by atoms with Crippen LogP contribution in [0, 0.1) is 5.41 Å². The predicted molar refractivity (Wildman–Crippen MR) is 99.0 cm³/mol. The number of phenols is 2. The predicted octanol–water partition coefficient (Wildman–Crippen LogP) is 0.622. The van der Waals surface area contributed by atoms with Gasteiger partial charge in [-0.1, -0.05) is 6.08 Å². The summed E-state index contributed by atoms with van der Waals surface area (Å²) in [5.41, 5.74) is 5.75. The molecule has 4 rings (SSSR count). The SMILES string of the molecule is CC=C(n1cnc2cc(O)c(O)cc21)C1(C(=O)O)CS[C@@H]2C(N)C(=O)N2C1. The van der Waals surface area contributed by atoms with E-state index in [9.17, 15) is 24.9 Å². The number of carbonyl (C=O) groups excluding carboxylic acids is 1. The highest BCUT2D eigenvalue weighted by molar-refractivity contribution is 8.00. The first kappa shape index (κ1) is 17.7. The minimum atomic E-state index is -1.35. The minimum absolute atomic E-state index is 0.00987. The van der Waals surface area contributed by atoms with Crippen molar-refractivity contribution in [2.45, 2.75) is 18.3 Å². The van der Waals surface area contributed by atoms with Crippen LogP contribution in [0.2, 0.25) is 0 Å². The van der Waals surface area contributed by atoms with Gasteiger partial charge in [-0.25, -0.2) is 4.98 Å². The number of carbonyl (C=O) groups is 2. The van der Waals surface area contributed by atoms with Gasteiger partial charge in [-0.15, -0.1) is 11.8 Å². The zero-order valence-electron chi connectivity index (χ0n) is 14.4. The monoisotopic (exact) mass is 390 g/mol. The molecule has 10 heteroatoms. The number of rotatable bonds is 3. The van der Waals surface area contributed by atoms with E-state index >= 15 is 0 Å². The van der Waals surface area contributed by atoms with Crippen molar-refractivity contribution >= 4 is 40.4 Å². The third-order valence-corrected chi connectivity index (χ3v) is 6.75. The molecule has 27 heavy (non-hydrogen) atoms. The average molecular weight is 390 g/mol. The van der Waals surface area contributed by atoms with Crippen molar-refractivity contribution in [3.8, 4) is 11.5 Å². The lowest BCUT2D eigenvalue weighted by Crippen LogP contribution is -2.72. The number of imidazole rings is 1. The number of phenolic OH excluding ortho intramolecular Hbond substituents is 2. The molecule has 2 aliphatic heterocycles. The van der Waals surface area contributed by atoms with Crippen LogP contribution in [-0.4, -0.2) is 65.4 Å². The molecular formula is C17H18N4O5S. The highest BCUT2D eigenvalue weighted by Crippen LogP contribution is 2.47. The summed E-state index contributed by atoms with van der Waals surface area (Å²) in [6.45, 7) is 1.72. The van der Waals surface area contributed by atoms with Gasteiger partial charge in [0.25, 0.3) is 0 Å². The number of carboxylic acids is 1. The van der Waals surface area contributed by atoms with Gasteiger partial charge in [0.05, 0.1) is 11.0 Å². The molecule has 0 spiro atoms. The molecule has 0 saturated carbocycles. The Hall–Kier alpha value is -2.72. The Morgan fingerprint density at radius 1 is 1.41 bits per heavy atom. The largest absolute Gasteiger partial charge is 0.504 e. The molecule has 2 aliphatic rings. The molecule has 2 aromatic rings. The van der Waals surface area contributed by atoms with Crippen molar-refractivity contribution in [1.82, 2.24) is 14.5 Å². The maximum Gasteiger partial charge on any atom is 0.318 e. The molecule has 1 aromatic heterocycles. The van der Waals surface area contributed by atoms with Gasteiger partial charge in [-0.05, 0) is 6.92 Å². The lowest BCUT2D eigenvalue weighted by Gasteiger charge is -2.53. The second-order valence-corrected chi connectivity index (χ2v) is 7.80. The number of β-lactam (4-membered cyclic amide) rings is 1. The Bertz CT molecular complexity index is 1000. The van der Waals surface area contributed by atoms with Gasteiger partial charge in [0, 0.05) is 30.1 Å². The second kappa shape index (κ2) is 5.89. The van der Waals surface area contributed by atoms with E-state index < -0.39 is 17.4 Å². The van der Waals surface area contributed by atoms with Crippen molar-refractivity contribution < 1.29 is 24.9 Å². The summed E-state index contributed by atoms with van der Waals surface area (Å²) in [5, 5.41) is 29.4. The van der Waals surface area contributed by atoms with Gasteiger partial charge < -0.3 is 30.5 Å². The Morgan fingerprint density at radius 3 is 2.78 bits per heavy atom. The fourth-order valence-electron chi connectivity index (χ4n) is 3.74. The summed E-state index contributed by atoms with van der Waals surface area (Å²) in [6, 6.07) is 2.05. The van der Waals surface area contributed by atoms with E-state index in [1.54, 1.807) is 17.6 Å². The molecule has 1 amide bonds. The van der Waals surface area contributed by atoms with Crippen LogP contribution in [0.1, 0.15) is 6.92 Å². The number of amides is 1. The number of nitrogens with two attached hydrogens (primary N) is 1. The number of carboxylic acid groups (broad SMARTS) is 1. The number of aliphatic carboxylic acids is 1. The number of aromatic hydroxyl groups is 2. The van der Waals surface area contributed by atoms with Gasteiger partial charge in [0.1, 0.15) is 23.2 Å². The van der Waals surface area contributed by atoms with E-state index in [0.29, 0.717) is 16.7 Å². The zero-order valence-corrected chi connectivity index (χ0v) is 15.2. The quantitative estimate of drug-likeness (QED) is 0.441. The van der Waals surface area contributed by atoms with Gasteiger partial charge in [-0.2, -0.15) is 0 Å². The normalized spacial score (nSPS) is 28.1. The van der Waals surface area contributed by atoms with Crippen LogP contribution in [0.4, 0.5) is 0 Å². The van der Waals surface area contributed by atoms with Crippen molar-refractivity contribution in [1.29, 1.82) is 0 Å². The zero-order chi connectivity index (χ0) is 19.5. The highest BCUT2D eigenvalue weighted by atomic mass is 32.2. The van der Waals surface area contributed by atoms with E-state index in [4.69, 9.17) is 5.73 Å². The van der Waals surface area contributed by atoms with Gasteiger partial charge in [-0.3, -0.25) is 9.59 Å². The van der Waals surface area contributed by atoms with Gasteiger partial charge in [0.2, 0.25) is 5.91 Å². The molecule has 1 aromatic carbocycles. The fourth-order valence-corrected chi connectivity index (χ4v) is 5.24. The molecule has 5 N–H and O–H groups in total. The van der Waals surface area contributed by atoms with Crippen LogP contribution < -0.4 is 5.73 Å². The highest BCUT2D eigenvalue weighted by Gasteiger charge is 2.57. The topological polar surface area (TPSA) is 142 Å². The molecule has 2 saturated heterocycles. The average Bonchev–Trinajstić information content (AvgIpc) is 3.04. The van der Waals surface area contributed by atoms with Crippen molar-refractivity contribution in [3.05, 3.63) is 24.5 Å². The molecule has 2 unspecified atom stereocenters. The minimum Gasteiger partial charge on any atom is -0.504 e. The van der Waals surface area contributed by atoms with E-state index in [-0.39, 0.29) is 35.1 Å². The molecule has 3 heterocycles. The van der Waals surface area contributed by atoms with Crippen LogP contribution >= 0.6 is 11.8 Å².